The zero-order chi connectivity index (χ0) is 9.35. The summed E-state index contributed by atoms with van der Waals surface area (Å²) in [6.45, 7) is 0. The van der Waals surface area contributed by atoms with Crippen LogP contribution < -0.4 is 5.73 Å². The Bertz CT molecular complexity index is 307. The Morgan fingerprint density at radius 1 is 1.50 bits per heavy atom. The van der Waals surface area contributed by atoms with Gasteiger partial charge in [0.15, 0.2) is 0 Å². The number of halogens is 3. The number of hydrogen-bond donors (Lipinski definition) is 1. The first-order chi connectivity index (χ1) is 5.41. The summed E-state index contributed by atoms with van der Waals surface area (Å²) in [5, 5.41) is -0.442. The smallest absolute Gasteiger partial charge is 0.363 e. The van der Waals surface area contributed by atoms with Gasteiger partial charge in [0.05, 0.1) is 0 Å². The van der Waals surface area contributed by atoms with Gasteiger partial charge in [0, 0.05) is 0 Å². The van der Waals surface area contributed by atoms with Crippen LogP contribution in [0.4, 0.5) is 13.2 Å². The van der Waals surface area contributed by atoms with E-state index >= 15 is 0 Å². The highest BCUT2D eigenvalue weighted by Crippen LogP contribution is 2.27. The summed E-state index contributed by atoms with van der Waals surface area (Å²) in [6.07, 6.45) is -4.62. The van der Waals surface area contributed by atoms with Gasteiger partial charge in [0.25, 0.3) is 5.91 Å². The molecule has 1 aromatic heterocycles. The monoisotopic (exact) mass is 197 g/mol. The number of carbonyl (C=O) groups excluding carboxylic acids is 1. The lowest BCUT2D eigenvalue weighted by molar-refractivity contribution is -0.144. The average molecular weight is 197 g/mol. The SMILES string of the molecule is NC(=O)c1nc(C(F)(F)F)ns1. The Labute approximate surface area is 68.4 Å². The quantitative estimate of drug-likeness (QED) is 0.718. The fraction of sp³-hybridized carbons (Fsp3) is 0.250. The third-order valence-corrected chi connectivity index (χ3v) is 1.62. The Morgan fingerprint density at radius 3 is 2.33 bits per heavy atom. The third kappa shape index (κ3) is 1.70. The number of alkyl halides is 3. The van der Waals surface area contributed by atoms with E-state index < -0.39 is 22.9 Å². The molecule has 0 fully saturated rings. The number of nitrogens with zero attached hydrogens (tertiary/aromatic N) is 2. The largest absolute Gasteiger partial charge is 0.452 e. The first-order valence-electron chi connectivity index (χ1n) is 2.62. The number of hydrogen-bond acceptors (Lipinski definition) is 4. The molecule has 1 aromatic rings. The van der Waals surface area contributed by atoms with Crippen molar-refractivity contribution in [2.45, 2.75) is 6.18 Å². The summed E-state index contributed by atoms with van der Waals surface area (Å²) < 4.78 is 38.3. The van der Waals surface area contributed by atoms with Crippen LogP contribution in [0.1, 0.15) is 15.6 Å². The van der Waals surface area contributed by atoms with Gasteiger partial charge in [-0.1, -0.05) is 0 Å². The van der Waals surface area contributed by atoms with Crippen molar-refractivity contribution in [2.75, 3.05) is 0 Å². The number of carbonyl (C=O) groups is 1. The van der Waals surface area contributed by atoms with Crippen molar-refractivity contribution in [3.63, 3.8) is 0 Å². The molecule has 0 spiro atoms. The van der Waals surface area contributed by atoms with E-state index in [9.17, 15) is 18.0 Å². The van der Waals surface area contributed by atoms with Gasteiger partial charge in [-0.3, -0.25) is 4.79 Å². The molecule has 1 heterocycles. The second kappa shape index (κ2) is 2.70. The minimum absolute atomic E-state index is 0.329. The summed E-state index contributed by atoms with van der Waals surface area (Å²) in [6, 6.07) is 0. The maximum absolute atomic E-state index is 11.8. The molecule has 12 heavy (non-hydrogen) atoms. The van der Waals surface area contributed by atoms with Crippen LogP contribution in [0.3, 0.4) is 0 Å². The minimum atomic E-state index is -4.62. The molecule has 1 rings (SSSR count). The molecule has 8 heteroatoms. The van der Waals surface area contributed by atoms with E-state index in [-0.39, 0.29) is 0 Å². The van der Waals surface area contributed by atoms with Gasteiger partial charge in [-0.25, -0.2) is 4.98 Å². The molecule has 0 unspecified atom stereocenters. The highest BCUT2D eigenvalue weighted by atomic mass is 32.1. The number of aromatic nitrogens is 2. The zero-order valence-corrected chi connectivity index (χ0v) is 6.24. The third-order valence-electron chi connectivity index (χ3n) is 0.890. The van der Waals surface area contributed by atoms with Crippen molar-refractivity contribution in [3.05, 3.63) is 10.8 Å². The van der Waals surface area contributed by atoms with Crippen LogP contribution in [-0.2, 0) is 6.18 Å². The fourth-order valence-corrected chi connectivity index (χ4v) is 0.973. The fourth-order valence-electron chi connectivity index (χ4n) is 0.439. The molecule has 66 valence electrons. The lowest BCUT2D eigenvalue weighted by atomic mass is 10.6. The Hall–Kier alpha value is -1.18. The van der Waals surface area contributed by atoms with Gasteiger partial charge >= 0.3 is 6.18 Å². The highest BCUT2D eigenvalue weighted by Gasteiger charge is 2.36. The van der Waals surface area contributed by atoms with Crippen LogP contribution >= 0.6 is 11.5 Å². The molecule has 0 saturated heterocycles. The molecular formula is C4H2F3N3OS. The standard InChI is InChI=1S/C4H2F3N3OS/c5-4(6,7)3-9-2(1(8)11)12-10-3/h(H2,8,11). The topological polar surface area (TPSA) is 68.9 Å². The van der Waals surface area contributed by atoms with Crippen LogP contribution in [0.15, 0.2) is 0 Å². The van der Waals surface area contributed by atoms with Crippen LogP contribution in [-0.4, -0.2) is 15.3 Å². The minimum Gasteiger partial charge on any atom is -0.363 e. The van der Waals surface area contributed by atoms with E-state index in [4.69, 9.17) is 0 Å². The van der Waals surface area contributed by atoms with E-state index in [0.29, 0.717) is 11.5 Å². The van der Waals surface area contributed by atoms with Gasteiger partial charge in [-0.05, 0) is 11.5 Å². The molecule has 0 aromatic carbocycles. The Morgan fingerprint density at radius 2 is 2.08 bits per heavy atom. The molecule has 0 atom stereocenters. The Balaban J connectivity index is 3.00. The maximum Gasteiger partial charge on any atom is 0.452 e. The summed E-state index contributed by atoms with van der Waals surface area (Å²) in [7, 11) is 0. The molecular weight excluding hydrogens is 195 g/mol. The molecule has 0 aliphatic rings. The highest BCUT2D eigenvalue weighted by molar-refractivity contribution is 7.07. The van der Waals surface area contributed by atoms with E-state index in [0.717, 1.165) is 0 Å². The molecule has 4 nitrogen and oxygen atoms in total. The number of primary amides is 1. The summed E-state index contributed by atoms with van der Waals surface area (Å²) in [4.78, 5) is 13.2. The predicted octanol–water partition coefficient (Wildman–Crippen LogP) is 0.656. The van der Waals surface area contributed by atoms with Crippen molar-refractivity contribution in [1.82, 2.24) is 9.36 Å². The predicted molar refractivity (Wildman–Crippen MR) is 33.4 cm³/mol. The zero-order valence-electron chi connectivity index (χ0n) is 5.42. The summed E-state index contributed by atoms with van der Waals surface area (Å²) in [5.41, 5.74) is 4.67. The molecule has 0 aliphatic heterocycles. The maximum atomic E-state index is 11.8. The van der Waals surface area contributed by atoms with Gasteiger partial charge in [-0.15, -0.1) is 0 Å². The van der Waals surface area contributed by atoms with Crippen LogP contribution in [0.5, 0.6) is 0 Å². The summed E-state index contributed by atoms with van der Waals surface area (Å²) in [5.74, 6) is -2.34. The van der Waals surface area contributed by atoms with Gasteiger partial charge in [-0.2, -0.15) is 17.5 Å². The number of rotatable bonds is 1. The van der Waals surface area contributed by atoms with Crippen molar-refractivity contribution >= 4 is 17.4 Å². The van der Waals surface area contributed by atoms with Gasteiger partial charge in [0.1, 0.15) is 0 Å². The first-order valence-corrected chi connectivity index (χ1v) is 3.39. The van der Waals surface area contributed by atoms with Crippen molar-refractivity contribution in [2.24, 2.45) is 5.73 Å². The molecule has 2 N–H and O–H groups in total. The molecule has 0 aliphatic carbocycles. The molecule has 0 radical (unpaired) electrons. The molecule has 0 bridgehead atoms. The average Bonchev–Trinajstić information content (AvgIpc) is 2.30. The lowest BCUT2D eigenvalue weighted by Crippen LogP contribution is -2.12. The van der Waals surface area contributed by atoms with E-state index in [2.05, 4.69) is 15.1 Å². The van der Waals surface area contributed by atoms with Crippen molar-refractivity contribution in [1.29, 1.82) is 0 Å². The van der Waals surface area contributed by atoms with Crippen LogP contribution in [0.2, 0.25) is 0 Å². The van der Waals surface area contributed by atoms with E-state index in [1.807, 2.05) is 0 Å². The van der Waals surface area contributed by atoms with Crippen LogP contribution in [0, 0.1) is 0 Å². The number of nitrogens with two attached hydrogens (primary N) is 1. The van der Waals surface area contributed by atoms with E-state index in [1.165, 1.54) is 0 Å². The van der Waals surface area contributed by atoms with Crippen molar-refractivity contribution in [3.8, 4) is 0 Å². The van der Waals surface area contributed by atoms with E-state index in [1.54, 1.807) is 0 Å². The normalized spacial score (nSPS) is 11.6. The van der Waals surface area contributed by atoms with Crippen molar-refractivity contribution < 1.29 is 18.0 Å². The molecule has 1 amide bonds. The second-order valence-corrected chi connectivity index (χ2v) is 2.54. The van der Waals surface area contributed by atoms with Gasteiger partial charge in [0.2, 0.25) is 10.8 Å². The van der Waals surface area contributed by atoms with Gasteiger partial charge < -0.3 is 5.73 Å². The lowest BCUT2D eigenvalue weighted by Gasteiger charge is -1.97. The Kier molecular flexibility index (Phi) is 2.01. The number of amides is 1. The second-order valence-electron chi connectivity index (χ2n) is 1.79. The molecule has 0 saturated carbocycles. The first kappa shape index (κ1) is 8.91. The summed E-state index contributed by atoms with van der Waals surface area (Å²) >= 11 is 0.329. The van der Waals surface area contributed by atoms with Crippen LogP contribution in [0.25, 0.3) is 0 Å².